The van der Waals surface area contributed by atoms with Gasteiger partial charge in [0.05, 0.1) is 24.2 Å². The summed E-state index contributed by atoms with van der Waals surface area (Å²) in [5, 5.41) is 13.2. The van der Waals surface area contributed by atoms with Crippen LogP contribution in [0.2, 0.25) is 0 Å². The standard InChI is InChI=1S/C13H10INOS2/c14-12-5-8(7-17-12)10(16)6-13-15-9-3-1-2-4-11(9)18-13/h1-5,7,10,16H,6H2. The van der Waals surface area contributed by atoms with Crippen molar-refractivity contribution in [3.8, 4) is 0 Å². The number of thiazole rings is 1. The van der Waals surface area contributed by atoms with Crippen molar-refractivity contribution in [3.05, 3.63) is 49.2 Å². The van der Waals surface area contributed by atoms with Crippen LogP contribution in [0, 0.1) is 2.88 Å². The molecule has 2 nitrogen and oxygen atoms in total. The van der Waals surface area contributed by atoms with E-state index in [4.69, 9.17) is 0 Å². The van der Waals surface area contributed by atoms with E-state index in [-0.39, 0.29) is 0 Å². The van der Waals surface area contributed by atoms with Gasteiger partial charge in [-0.25, -0.2) is 4.98 Å². The molecule has 1 N–H and O–H groups in total. The second-order valence-corrected chi connectivity index (χ2v) is 7.90. The monoisotopic (exact) mass is 387 g/mol. The van der Waals surface area contributed by atoms with Gasteiger partial charge in [-0.1, -0.05) is 12.1 Å². The summed E-state index contributed by atoms with van der Waals surface area (Å²) in [6, 6.07) is 10.1. The van der Waals surface area contributed by atoms with Crippen LogP contribution in [0.25, 0.3) is 10.2 Å². The molecule has 2 heterocycles. The van der Waals surface area contributed by atoms with Gasteiger partial charge in [0.25, 0.3) is 0 Å². The van der Waals surface area contributed by atoms with E-state index in [1.807, 2.05) is 29.6 Å². The third kappa shape index (κ3) is 2.59. The first-order valence-corrected chi connectivity index (χ1v) is 8.26. The average molecular weight is 387 g/mol. The van der Waals surface area contributed by atoms with E-state index in [0.29, 0.717) is 6.42 Å². The van der Waals surface area contributed by atoms with Crippen LogP contribution in [-0.2, 0) is 6.42 Å². The fourth-order valence-electron chi connectivity index (χ4n) is 1.79. The molecule has 0 spiro atoms. The molecule has 3 aromatic rings. The summed E-state index contributed by atoms with van der Waals surface area (Å²) in [6.07, 6.45) is 0.136. The van der Waals surface area contributed by atoms with Gasteiger partial charge >= 0.3 is 0 Å². The minimum Gasteiger partial charge on any atom is -0.388 e. The third-order valence-corrected chi connectivity index (χ3v) is 5.54. The molecular weight excluding hydrogens is 377 g/mol. The predicted molar refractivity (Wildman–Crippen MR) is 85.3 cm³/mol. The molecule has 0 saturated heterocycles. The zero-order valence-corrected chi connectivity index (χ0v) is 13.1. The number of aliphatic hydroxyl groups is 1. The maximum absolute atomic E-state index is 10.2. The highest BCUT2D eigenvalue weighted by atomic mass is 127. The van der Waals surface area contributed by atoms with E-state index in [2.05, 4.69) is 33.6 Å². The summed E-state index contributed by atoms with van der Waals surface area (Å²) in [5.74, 6) is 0. The fourth-order valence-corrected chi connectivity index (χ4v) is 4.21. The molecule has 1 aromatic carbocycles. The highest BCUT2D eigenvalue weighted by molar-refractivity contribution is 14.1. The number of para-hydroxylation sites is 1. The fraction of sp³-hybridized carbons (Fsp3) is 0.154. The zero-order chi connectivity index (χ0) is 12.5. The molecule has 2 aromatic heterocycles. The lowest BCUT2D eigenvalue weighted by Gasteiger charge is -2.05. The van der Waals surface area contributed by atoms with Crippen molar-refractivity contribution in [2.24, 2.45) is 0 Å². The molecule has 1 atom stereocenters. The molecule has 3 rings (SSSR count). The van der Waals surface area contributed by atoms with Crippen LogP contribution in [0.15, 0.2) is 35.7 Å². The summed E-state index contributed by atoms with van der Waals surface area (Å²) in [5.41, 5.74) is 2.01. The SMILES string of the molecule is OC(Cc1nc2ccccc2s1)c1csc(I)c1. The van der Waals surface area contributed by atoms with Crippen molar-refractivity contribution in [1.82, 2.24) is 4.98 Å². The number of aromatic nitrogens is 1. The second-order valence-electron chi connectivity index (χ2n) is 3.98. The lowest BCUT2D eigenvalue weighted by molar-refractivity contribution is 0.179. The summed E-state index contributed by atoms with van der Waals surface area (Å²) in [7, 11) is 0. The first-order valence-electron chi connectivity index (χ1n) is 5.49. The summed E-state index contributed by atoms with van der Waals surface area (Å²) < 4.78 is 2.38. The largest absolute Gasteiger partial charge is 0.388 e. The van der Waals surface area contributed by atoms with Crippen molar-refractivity contribution in [3.63, 3.8) is 0 Å². The van der Waals surface area contributed by atoms with Gasteiger partial charge in [0, 0.05) is 6.42 Å². The van der Waals surface area contributed by atoms with E-state index in [0.717, 1.165) is 16.1 Å². The first-order chi connectivity index (χ1) is 8.72. The Kier molecular flexibility index (Phi) is 3.65. The number of nitrogens with zero attached hydrogens (tertiary/aromatic N) is 1. The topological polar surface area (TPSA) is 33.1 Å². The highest BCUT2D eigenvalue weighted by Gasteiger charge is 2.13. The van der Waals surface area contributed by atoms with Gasteiger partial charge in [0.2, 0.25) is 0 Å². The molecule has 1 unspecified atom stereocenters. The molecule has 0 bridgehead atoms. The predicted octanol–water partition coefficient (Wildman–Crippen LogP) is 4.24. The van der Waals surface area contributed by atoms with Gasteiger partial charge in [-0.2, -0.15) is 0 Å². The molecule has 0 saturated carbocycles. The van der Waals surface area contributed by atoms with E-state index in [9.17, 15) is 5.11 Å². The van der Waals surface area contributed by atoms with Gasteiger partial charge in [0.1, 0.15) is 0 Å². The third-order valence-electron chi connectivity index (χ3n) is 2.68. The number of hydrogen-bond donors (Lipinski definition) is 1. The number of thiophene rings is 1. The molecule has 0 fully saturated rings. The Balaban J connectivity index is 1.83. The number of fused-ring (bicyclic) bond motifs is 1. The summed E-state index contributed by atoms with van der Waals surface area (Å²) >= 11 is 5.59. The number of hydrogen-bond acceptors (Lipinski definition) is 4. The minimum atomic E-state index is -0.453. The van der Waals surface area contributed by atoms with E-state index in [1.54, 1.807) is 22.7 Å². The Morgan fingerprint density at radius 2 is 2.17 bits per heavy atom. The minimum absolute atomic E-state index is 0.453. The van der Waals surface area contributed by atoms with E-state index in [1.165, 1.54) is 7.58 Å². The van der Waals surface area contributed by atoms with Crippen molar-refractivity contribution in [2.45, 2.75) is 12.5 Å². The van der Waals surface area contributed by atoms with Gasteiger partial charge in [-0.15, -0.1) is 22.7 Å². The maximum atomic E-state index is 10.2. The van der Waals surface area contributed by atoms with Gasteiger partial charge < -0.3 is 5.11 Å². The molecule has 92 valence electrons. The number of benzene rings is 1. The Bertz CT molecular complexity index is 643. The van der Waals surface area contributed by atoms with Gasteiger partial charge in [-0.05, 0) is 51.7 Å². The lowest BCUT2D eigenvalue weighted by Crippen LogP contribution is -1.99. The van der Waals surface area contributed by atoms with Crippen LogP contribution in [-0.4, -0.2) is 10.1 Å². The van der Waals surface area contributed by atoms with E-state index < -0.39 is 6.10 Å². The zero-order valence-electron chi connectivity index (χ0n) is 9.34. The second kappa shape index (κ2) is 5.24. The lowest BCUT2D eigenvalue weighted by atomic mass is 10.1. The van der Waals surface area contributed by atoms with Crippen LogP contribution in [0.1, 0.15) is 16.7 Å². The number of rotatable bonds is 3. The van der Waals surface area contributed by atoms with Crippen LogP contribution in [0.5, 0.6) is 0 Å². The molecule has 5 heteroatoms. The smallest absolute Gasteiger partial charge is 0.0967 e. The highest BCUT2D eigenvalue weighted by Crippen LogP contribution is 2.28. The average Bonchev–Trinajstić information content (AvgIpc) is 2.94. The Labute approximate surface area is 126 Å². The summed E-state index contributed by atoms with van der Waals surface area (Å²) in [6.45, 7) is 0. The van der Waals surface area contributed by atoms with Gasteiger partial charge in [-0.3, -0.25) is 0 Å². The quantitative estimate of drug-likeness (QED) is 0.682. The van der Waals surface area contributed by atoms with Crippen LogP contribution in [0.3, 0.4) is 0 Å². The number of halogens is 1. The molecule has 0 aliphatic rings. The van der Waals surface area contributed by atoms with Crippen LogP contribution >= 0.6 is 45.3 Å². The Morgan fingerprint density at radius 3 is 2.89 bits per heavy atom. The van der Waals surface area contributed by atoms with Crippen molar-refractivity contribution < 1.29 is 5.11 Å². The van der Waals surface area contributed by atoms with Gasteiger partial charge in [0.15, 0.2) is 0 Å². The Hall–Kier alpha value is -0.500. The molecule has 18 heavy (non-hydrogen) atoms. The van der Waals surface area contributed by atoms with E-state index >= 15 is 0 Å². The molecule has 0 aliphatic heterocycles. The molecule has 0 aliphatic carbocycles. The molecular formula is C13H10INOS2. The van der Waals surface area contributed by atoms with Crippen molar-refractivity contribution >= 4 is 55.5 Å². The molecule has 0 amide bonds. The molecule has 0 radical (unpaired) electrons. The number of aliphatic hydroxyl groups excluding tert-OH is 1. The van der Waals surface area contributed by atoms with Crippen molar-refractivity contribution in [2.75, 3.05) is 0 Å². The summed E-state index contributed by atoms with van der Waals surface area (Å²) in [4.78, 5) is 4.55. The van der Waals surface area contributed by atoms with Crippen molar-refractivity contribution in [1.29, 1.82) is 0 Å². The Morgan fingerprint density at radius 1 is 1.33 bits per heavy atom. The van der Waals surface area contributed by atoms with Crippen LogP contribution < -0.4 is 0 Å². The first kappa shape index (κ1) is 12.5. The van der Waals surface area contributed by atoms with Crippen LogP contribution in [0.4, 0.5) is 0 Å². The normalized spacial score (nSPS) is 13.0. The maximum Gasteiger partial charge on any atom is 0.0967 e.